The second kappa shape index (κ2) is 6.96. The third-order valence-electron chi connectivity index (χ3n) is 3.88. The number of non-ortho nitro benzene ring substituents is 1. The molecule has 4 nitrogen and oxygen atoms in total. The van der Waals surface area contributed by atoms with Crippen LogP contribution in [0.2, 0.25) is 0 Å². The van der Waals surface area contributed by atoms with Gasteiger partial charge in [-0.2, -0.15) is 0 Å². The lowest BCUT2D eigenvalue weighted by atomic mass is 10.0. The zero-order valence-corrected chi connectivity index (χ0v) is 13.4. The maximum Gasteiger partial charge on any atom is 0.269 e. The number of nitro benzene ring substituents is 1. The number of rotatable bonds is 5. The predicted octanol–water partition coefficient (Wildman–Crippen LogP) is 5.35. The van der Waals surface area contributed by atoms with E-state index in [1.54, 1.807) is 12.1 Å². The third kappa shape index (κ3) is 3.27. The number of nitrogens with zero attached hydrogens (tertiary/aromatic N) is 1. The van der Waals surface area contributed by atoms with Crippen LogP contribution < -0.4 is 5.32 Å². The molecule has 0 saturated heterocycles. The molecule has 0 unspecified atom stereocenters. The molecule has 0 bridgehead atoms. The molecule has 0 aliphatic carbocycles. The Bertz CT molecular complexity index is 899. The van der Waals surface area contributed by atoms with Crippen molar-refractivity contribution in [2.75, 3.05) is 11.9 Å². The molecule has 24 heavy (non-hydrogen) atoms. The van der Waals surface area contributed by atoms with Gasteiger partial charge >= 0.3 is 0 Å². The van der Waals surface area contributed by atoms with Gasteiger partial charge in [0.2, 0.25) is 0 Å². The third-order valence-corrected chi connectivity index (χ3v) is 3.88. The Kier molecular flexibility index (Phi) is 4.57. The van der Waals surface area contributed by atoms with E-state index in [1.807, 2.05) is 24.3 Å². The topological polar surface area (TPSA) is 55.2 Å². The van der Waals surface area contributed by atoms with Crippen LogP contribution in [-0.2, 0) is 0 Å². The molecule has 0 atom stereocenters. The maximum atomic E-state index is 10.7. The molecule has 0 amide bonds. The molecule has 1 N–H and O–H groups in total. The smallest absolute Gasteiger partial charge is 0.269 e. The highest BCUT2D eigenvalue weighted by Crippen LogP contribution is 2.27. The Labute approximate surface area is 140 Å². The van der Waals surface area contributed by atoms with Crippen molar-refractivity contribution in [3.05, 3.63) is 81.9 Å². The average Bonchev–Trinajstić information content (AvgIpc) is 2.61. The van der Waals surface area contributed by atoms with E-state index in [0.717, 1.165) is 23.4 Å². The summed E-state index contributed by atoms with van der Waals surface area (Å²) in [6.07, 6.45) is 4.01. The number of benzene rings is 3. The lowest BCUT2D eigenvalue weighted by Gasteiger charge is -2.09. The van der Waals surface area contributed by atoms with E-state index in [2.05, 4.69) is 36.5 Å². The van der Waals surface area contributed by atoms with Crippen LogP contribution in [0.5, 0.6) is 0 Å². The summed E-state index contributed by atoms with van der Waals surface area (Å²) in [4.78, 5) is 10.3. The summed E-state index contributed by atoms with van der Waals surface area (Å²) >= 11 is 0. The number of fused-ring (bicyclic) bond motifs is 1. The van der Waals surface area contributed by atoms with Crippen molar-refractivity contribution < 1.29 is 4.92 Å². The highest BCUT2D eigenvalue weighted by Gasteiger charge is 2.04. The van der Waals surface area contributed by atoms with E-state index in [9.17, 15) is 10.1 Å². The van der Waals surface area contributed by atoms with Crippen molar-refractivity contribution in [1.82, 2.24) is 0 Å². The van der Waals surface area contributed by atoms with Crippen LogP contribution in [0.3, 0.4) is 0 Å². The predicted molar refractivity (Wildman–Crippen MR) is 100 cm³/mol. The summed E-state index contributed by atoms with van der Waals surface area (Å²) in [5.41, 5.74) is 3.28. The normalized spacial score (nSPS) is 11.0. The molecule has 0 aliphatic rings. The van der Waals surface area contributed by atoms with Gasteiger partial charge in [-0.05, 0) is 41.6 Å². The molecule has 0 aromatic heterocycles. The summed E-state index contributed by atoms with van der Waals surface area (Å²) < 4.78 is 0. The summed E-state index contributed by atoms with van der Waals surface area (Å²) in [5.74, 6) is 0. The summed E-state index contributed by atoms with van der Waals surface area (Å²) in [7, 11) is 0. The molecular weight excluding hydrogens is 300 g/mol. The SMILES string of the molecule is CCNc1cccc2c(/C=C/c3ccc([N+](=O)[O-])cc3)cccc12. The molecule has 3 rings (SSSR count). The van der Waals surface area contributed by atoms with E-state index < -0.39 is 0 Å². The van der Waals surface area contributed by atoms with Gasteiger partial charge in [0.1, 0.15) is 0 Å². The molecule has 0 fully saturated rings. The zero-order valence-electron chi connectivity index (χ0n) is 13.4. The fourth-order valence-corrected chi connectivity index (χ4v) is 2.72. The highest BCUT2D eigenvalue weighted by atomic mass is 16.6. The van der Waals surface area contributed by atoms with Crippen molar-refractivity contribution in [2.24, 2.45) is 0 Å². The van der Waals surface area contributed by atoms with Gasteiger partial charge in [-0.25, -0.2) is 0 Å². The van der Waals surface area contributed by atoms with E-state index in [4.69, 9.17) is 0 Å². The van der Waals surface area contributed by atoms with E-state index in [0.29, 0.717) is 0 Å². The molecule has 4 heteroatoms. The molecule has 0 aliphatic heterocycles. The number of anilines is 1. The fourth-order valence-electron chi connectivity index (χ4n) is 2.72. The van der Waals surface area contributed by atoms with Crippen LogP contribution in [0.4, 0.5) is 11.4 Å². The first-order valence-electron chi connectivity index (χ1n) is 7.87. The Hall–Kier alpha value is -3.14. The number of hydrogen-bond acceptors (Lipinski definition) is 3. The average molecular weight is 318 g/mol. The number of nitrogens with one attached hydrogen (secondary N) is 1. The van der Waals surface area contributed by atoms with Crippen LogP contribution >= 0.6 is 0 Å². The van der Waals surface area contributed by atoms with Crippen molar-refractivity contribution >= 4 is 34.3 Å². The van der Waals surface area contributed by atoms with Gasteiger partial charge in [-0.15, -0.1) is 0 Å². The fraction of sp³-hybridized carbons (Fsp3) is 0.100. The first-order chi connectivity index (χ1) is 11.7. The lowest BCUT2D eigenvalue weighted by molar-refractivity contribution is -0.384. The Balaban J connectivity index is 1.95. The Morgan fingerprint density at radius 3 is 2.38 bits per heavy atom. The Morgan fingerprint density at radius 2 is 1.67 bits per heavy atom. The maximum absolute atomic E-state index is 10.7. The molecule has 0 radical (unpaired) electrons. The summed E-state index contributed by atoms with van der Waals surface area (Å²) in [6.45, 7) is 2.96. The van der Waals surface area contributed by atoms with E-state index in [1.165, 1.54) is 22.9 Å². The first-order valence-corrected chi connectivity index (χ1v) is 7.87. The zero-order chi connectivity index (χ0) is 16.9. The van der Waals surface area contributed by atoms with Crippen molar-refractivity contribution in [2.45, 2.75) is 6.92 Å². The van der Waals surface area contributed by atoms with Gasteiger partial charge in [0.25, 0.3) is 5.69 Å². The quantitative estimate of drug-likeness (QED) is 0.392. The molecule has 3 aromatic carbocycles. The molecule has 3 aromatic rings. The monoisotopic (exact) mass is 318 g/mol. The van der Waals surface area contributed by atoms with Gasteiger partial charge in [0, 0.05) is 29.8 Å². The lowest BCUT2D eigenvalue weighted by Crippen LogP contribution is -1.97. The van der Waals surface area contributed by atoms with Crippen molar-refractivity contribution in [3.8, 4) is 0 Å². The second-order valence-electron chi connectivity index (χ2n) is 5.46. The largest absolute Gasteiger partial charge is 0.385 e. The van der Waals surface area contributed by atoms with Crippen LogP contribution in [0.15, 0.2) is 60.7 Å². The number of hydrogen-bond donors (Lipinski definition) is 1. The highest BCUT2D eigenvalue weighted by molar-refractivity contribution is 5.99. The molecular formula is C20H18N2O2. The minimum Gasteiger partial charge on any atom is -0.385 e. The standard InChI is InChI=1S/C20H18N2O2/c1-2-21-20-8-4-6-18-16(5-3-7-19(18)20)12-9-15-10-13-17(14-11-15)22(23)24/h3-14,21H,2H2,1H3/b12-9+. The molecule has 0 spiro atoms. The molecule has 0 saturated carbocycles. The van der Waals surface area contributed by atoms with Gasteiger partial charge < -0.3 is 5.32 Å². The van der Waals surface area contributed by atoms with E-state index in [-0.39, 0.29) is 10.6 Å². The van der Waals surface area contributed by atoms with Crippen molar-refractivity contribution in [1.29, 1.82) is 0 Å². The van der Waals surface area contributed by atoms with Gasteiger partial charge in [-0.1, -0.05) is 42.5 Å². The molecule has 0 heterocycles. The summed E-state index contributed by atoms with van der Waals surface area (Å²) in [5, 5.41) is 16.4. The second-order valence-corrected chi connectivity index (χ2v) is 5.46. The van der Waals surface area contributed by atoms with Crippen LogP contribution in [-0.4, -0.2) is 11.5 Å². The van der Waals surface area contributed by atoms with E-state index >= 15 is 0 Å². The summed E-state index contributed by atoms with van der Waals surface area (Å²) in [6, 6.07) is 19.0. The number of nitro groups is 1. The van der Waals surface area contributed by atoms with Crippen LogP contribution in [0.25, 0.3) is 22.9 Å². The molecule has 120 valence electrons. The van der Waals surface area contributed by atoms with Crippen molar-refractivity contribution in [3.63, 3.8) is 0 Å². The minimum atomic E-state index is -0.388. The van der Waals surface area contributed by atoms with Crippen LogP contribution in [0.1, 0.15) is 18.1 Å². The van der Waals surface area contributed by atoms with Crippen LogP contribution in [0, 0.1) is 10.1 Å². The van der Waals surface area contributed by atoms with Gasteiger partial charge in [-0.3, -0.25) is 10.1 Å². The first kappa shape index (κ1) is 15.7. The Morgan fingerprint density at radius 1 is 0.958 bits per heavy atom. The van der Waals surface area contributed by atoms with Gasteiger partial charge in [0.05, 0.1) is 4.92 Å². The minimum absolute atomic E-state index is 0.104. The van der Waals surface area contributed by atoms with Gasteiger partial charge in [0.15, 0.2) is 0 Å².